The number of rotatable bonds is 3. The molecule has 0 bridgehead atoms. The fraction of sp³-hybridized carbons (Fsp3) is 0.0714. The van der Waals surface area contributed by atoms with E-state index in [4.69, 9.17) is 0 Å². The molecule has 0 aliphatic heterocycles. The van der Waals surface area contributed by atoms with E-state index in [1.165, 1.54) is 26.3 Å². The van der Waals surface area contributed by atoms with Crippen molar-refractivity contribution in [2.75, 3.05) is 5.32 Å². The van der Waals surface area contributed by atoms with E-state index < -0.39 is 0 Å². The number of alkyl halides is 1. The molecular weight excluding hydrogens is 342 g/mol. The first-order valence-corrected chi connectivity index (χ1v) is 8.51. The summed E-state index contributed by atoms with van der Waals surface area (Å²) >= 11 is 6.59. The molecule has 2 aromatic heterocycles. The Kier molecular flexibility index (Phi) is 3.68. The third kappa shape index (κ3) is 2.73. The average Bonchev–Trinajstić information content (AvgIpc) is 3.00. The number of carbonyl (C=O) groups excluding carboxylic acids is 1. The fourth-order valence-corrected chi connectivity index (χ4v) is 4.13. The normalized spacial score (nSPS) is 10.8. The molecule has 96 valence electrons. The number of carbonyl (C=O) groups is 1. The van der Waals surface area contributed by atoms with E-state index >= 15 is 0 Å². The molecule has 1 N–H and O–H groups in total. The molecule has 0 spiro atoms. The molecule has 0 unspecified atom stereocenters. The van der Waals surface area contributed by atoms with Crippen LogP contribution >= 0.6 is 38.6 Å². The van der Waals surface area contributed by atoms with Gasteiger partial charge in [0, 0.05) is 20.4 Å². The summed E-state index contributed by atoms with van der Waals surface area (Å²) in [6.07, 6.45) is 0. The van der Waals surface area contributed by atoms with Crippen LogP contribution in [0.4, 0.5) is 5.69 Å². The number of thiophene rings is 2. The van der Waals surface area contributed by atoms with Crippen molar-refractivity contribution in [1.29, 1.82) is 0 Å². The molecular formula is C14H10BrNOS2. The summed E-state index contributed by atoms with van der Waals surface area (Å²) in [5.41, 5.74) is 2.01. The first-order valence-electron chi connectivity index (χ1n) is 5.69. The van der Waals surface area contributed by atoms with Gasteiger partial charge >= 0.3 is 0 Å². The Labute approximate surface area is 127 Å². The second-order valence-corrected chi connectivity index (χ2v) is 6.64. The lowest BCUT2D eigenvalue weighted by molar-refractivity contribution is 0.103. The van der Waals surface area contributed by atoms with Gasteiger partial charge in [-0.05, 0) is 35.2 Å². The standard InChI is InChI=1S/C14H10BrNOS2/c15-8-9-1-3-10(4-2-9)16-14(17)13-7-12-11(19-13)5-6-18-12/h1-7H,8H2,(H,16,17). The molecule has 0 aliphatic carbocycles. The molecule has 3 rings (SSSR count). The second kappa shape index (κ2) is 5.45. The Bertz CT molecular complexity index is 686. The smallest absolute Gasteiger partial charge is 0.265 e. The van der Waals surface area contributed by atoms with E-state index in [0.717, 1.165) is 15.9 Å². The van der Waals surface area contributed by atoms with Crippen molar-refractivity contribution in [3.63, 3.8) is 0 Å². The van der Waals surface area contributed by atoms with E-state index in [0.29, 0.717) is 0 Å². The van der Waals surface area contributed by atoms with Crippen molar-refractivity contribution in [3.8, 4) is 0 Å². The maximum Gasteiger partial charge on any atom is 0.265 e. The van der Waals surface area contributed by atoms with Gasteiger partial charge in [-0.1, -0.05) is 28.1 Å². The Morgan fingerprint density at radius 1 is 1.16 bits per heavy atom. The molecule has 0 aliphatic rings. The van der Waals surface area contributed by atoms with E-state index in [-0.39, 0.29) is 5.91 Å². The lowest BCUT2D eigenvalue weighted by atomic mass is 10.2. The van der Waals surface area contributed by atoms with Crippen LogP contribution in [0.1, 0.15) is 15.2 Å². The first kappa shape index (κ1) is 12.8. The van der Waals surface area contributed by atoms with Gasteiger partial charge in [0.2, 0.25) is 0 Å². The zero-order chi connectivity index (χ0) is 13.2. The predicted octanol–water partition coefficient (Wildman–Crippen LogP) is 5.11. The summed E-state index contributed by atoms with van der Waals surface area (Å²) in [7, 11) is 0. The number of fused-ring (bicyclic) bond motifs is 1. The Morgan fingerprint density at radius 2 is 1.95 bits per heavy atom. The zero-order valence-electron chi connectivity index (χ0n) is 9.85. The average molecular weight is 352 g/mol. The number of halogens is 1. The summed E-state index contributed by atoms with van der Waals surface area (Å²) < 4.78 is 2.34. The second-order valence-electron chi connectivity index (χ2n) is 4.04. The first-order chi connectivity index (χ1) is 9.26. The van der Waals surface area contributed by atoms with Crippen LogP contribution < -0.4 is 5.32 Å². The highest BCUT2D eigenvalue weighted by Gasteiger charge is 2.11. The minimum absolute atomic E-state index is 0.0417. The molecule has 0 saturated carbocycles. The molecule has 2 nitrogen and oxygen atoms in total. The maximum atomic E-state index is 12.1. The molecule has 0 radical (unpaired) electrons. The number of amides is 1. The third-order valence-electron chi connectivity index (χ3n) is 2.73. The predicted molar refractivity (Wildman–Crippen MR) is 86.7 cm³/mol. The van der Waals surface area contributed by atoms with Crippen LogP contribution in [0.5, 0.6) is 0 Å². The van der Waals surface area contributed by atoms with E-state index in [1.807, 2.05) is 41.8 Å². The number of benzene rings is 1. The van der Waals surface area contributed by atoms with Crippen LogP contribution in [0, 0.1) is 0 Å². The van der Waals surface area contributed by atoms with E-state index in [2.05, 4.69) is 21.2 Å². The Hall–Kier alpha value is -1.17. The molecule has 5 heteroatoms. The summed E-state index contributed by atoms with van der Waals surface area (Å²) in [4.78, 5) is 12.9. The minimum atomic E-state index is -0.0417. The maximum absolute atomic E-state index is 12.1. The van der Waals surface area contributed by atoms with Gasteiger partial charge in [0.15, 0.2) is 0 Å². The minimum Gasteiger partial charge on any atom is -0.321 e. The summed E-state index contributed by atoms with van der Waals surface area (Å²) in [6.45, 7) is 0. The van der Waals surface area contributed by atoms with Crippen LogP contribution in [0.25, 0.3) is 9.40 Å². The van der Waals surface area contributed by atoms with Crippen LogP contribution in [0.15, 0.2) is 41.8 Å². The number of nitrogens with one attached hydrogen (secondary N) is 1. The largest absolute Gasteiger partial charge is 0.321 e. The summed E-state index contributed by atoms with van der Waals surface area (Å²) in [5.74, 6) is -0.0417. The molecule has 19 heavy (non-hydrogen) atoms. The van der Waals surface area contributed by atoms with Crippen LogP contribution in [0.3, 0.4) is 0 Å². The topological polar surface area (TPSA) is 29.1 Å². The molecule has 2 heterocycles. The molecule has 0 saturated heterocycles. The fourth-order valence-electron chi connectivity index (χ4n) is 1.75. The summed E-state index contributed by atoms with van der Waals surface area (Å²) in [5, 5.41) is 5.79. The summed E-state index contributed by atoms with van der Waals surface area (Å²) in [6, 6.07) is 11.8. The van der Waals surface area contributed by atoms with Gasteiger partial charge in [-0.25, -0.2) is 0 Å². The molecule has 1 amide bonds. The monoisotopic (exact) mass is 351 g/mol. The lowest BCUT2D eigenvalue weighted by Gasteiger charge is -2.04. The van der Waals surface area contributed by atoms with Crippen molar-refractivity contribution in [2.45, 2.75) is 5.33 Å². The SMILES string of the molecule is O=C(Nc1ccc(CBr)cc1)c1cc2sccc2s1. The number of anilines is 1. The van der Waals surface area contributed by atoms with Gasteiger partial charge in [-0.15, -0.1) is 22.7 Å². The van der Waals surface area contributed by atoms with Crippen LogP contribution in [0.2, 0.25) is 0 Å². The van der Waals surface area contributed by atoms with Gasteiger partial charge in [0.1, 0.15) is 0 Å². The van der Waals surface area contributed by atoms with Gasteiger partial charge in [-0.3, -0.25) is 4.79 Å². The molecule has 0 fully saturated rings. The van der Waals surface area contributed by atoms with Gasteiger partial charge < -0.3 is 5.32 Å². The van der Waals surface area contributed by atoms with Crippen LogP contribution in [-0.2, 0) is 5.33 Å². The molecule has 0 atom stereocenters. The number of hydrogen-bond acceptors (Lipinski definition) is 3. The Morgan fingerprint density at radius 3 is 2.63 bits per heavy atom. The van der Waals surface area contributed by atoms with Crippen LogP contribution in [-0.4, -0.2) is 5.91 Å². The highest BCUT2D eigenvalue weighted by atomic mass is 79.9. The van der Waals surface area contributed by atoms with Gasteiger partial charge in [0.05, 0.1) is 4.88 Å². The highest BCUT2D eigenvalue weighted by molar-refractivity contribution is 9.08. The van der Waals surface area contributed by atoms with Gasteiger partial charge in [-0.2, -0.15) is 0 Å². The van der Waals surface area contributed by atoms with E-state index in [1.54, 1.807) is 11.3 Å². The lowest BCUT2D eigenvalue weighted by Crippen LogP contribution is -2.09. The Balaban J connectivity index is 1.78. The number of hydrogen-bond donors (Lipinski definition) is 1. The van der Waals surface area contributed by atoms with Crippen molar-refractivity contribution >= 4 is 59.6 Å². The quantitative estimate of drug-likeness (QED) is 0.652. The highest BCUT2D eigenvalue weighted by Crippen LogP contribution is 2.30. The third-order valence-corrected chi connectivity index (χ3v) is 5.47. The molecule has 3 aromatic rings. The molecule has 1 aromatic carbocycles. The van der Waals surface area contributed by atoms with Crippen molar-refractivity contribution in [3.05, 3.63) is 52.2 Å². The van der Waals surface area contributed by atoms with E-state index in [9.17, 15) is 4.79 Å². The van der Waals surface area contributed by atoms with Gasteiger partial charge in [0.25, 0.3) is 5.91 Å². The zero-order valence-corrected chi connectivity index (χ0v) is 13.1. The van der Waals surface area contributed by atoms with Crippen molar-refractivity contribution in [2.24, 2.45) is 0 Å². The van der Waals surface area contributed by atoms with Crippen molar-refractivity contribution in [1.82, 2.24) is 0 Å². The van der Waals surface area contributed by atoms with Crippen molar-refractivity contribution < 1.29 is 4.79 Å².